The lowest BCUT2D eigenvalue weighted by Gasteiger charge is -2.59. The van der Waals surface area contributed by atoms with Gasteiger partial charge in [0.05, 0.1) is 4.90 Å². The molecule has 142 valence electrons. The highest BCUT2D eigenvalue weighted by atomic mass is 32.2. The first kappa shape index (κ1) is 18.3. The maximum Gasteiger partial charge on any atom is 0.240 e. The maximum atomic E-state index is 13.8. The summed E-state index contributed by atoms with van der Waals surface area (Å²) in [5.74, 6) is 1.88. The molecular weight excluding hydrogens is 347 g/mol. The molecule has 2 unspecified atom stereocenters. The van der Waals surface area contributed by atoms with E-state index in [9.17, 15) is 9.18 Å². The van der Waals surface area contributed by atoms with Crippen LogP contribution in [0.5, 0.6) is 0 Å². The Morgan fingerprint density at radius 3 is 2.46 bits per heavy atom. The van der Waals surface area contributed by atoms with Gasteiger partial charge in [0.2, 0.25) is 5.91 Å². The molecular formula is C21H29FN2OS. The average Bonchev–Trinajstić information content (AvgIpc) is 2.55. The maximum absolute atomic E-state index is 13.8. The van der Waals surface area contributed by atoms with Gasteiger partial charge in [-0.1, -0.05) is 19.1 Å². The summed E-state index contributed by atoms with van der Waals surface area (Å²) in [5.41, 5.74) is -0.252. The summed E-state index contributed by atoms with van der Waals surface area (Å²) in [6.07, 6.45) is 6.43. The second-order valence-electron chi connectivity index (χ2n) is 9.54. The molecule has 0 heterocycles. The number of carbonyl (C=O) groups is 1. The quantitative estimate of drug-likeness (QED) is 0.742. The van der Waals surface area contributed by atoms with Crippen molar-refractivity contribution in [3.63, 3.8) is 0 Å². The van der Waals surface area contributed by atoms with Crippen LogP contribution in [-0.2, 0) is 4.79 Å². The minimum atomic E-state index is -0.758. The fourth-order valence-electron chi connectivity index (χ4n) is 5.75. The minimum absolute atomic E-state index is 0.0176. The van der Waals surface area contributed by atoms with Crippen LogP contribution >= 0.6 is 11.9 Å². The van der Waals surface area contributed by atoms with Crippen molar-refractivity contribution in [2.45, 2.75) is 69.4 Å². The molecule has 4 aliphatic carbocycles. The van der Waals surface area contributed by atoms with Gasteiger partial charge in [0.15, 0.2) is 0 Å². The molecule has 4 fully saturated rings. The average molecular weight is 377 g/mol. The number of benzene rings is 1. The number of hydrogen-bond donors (Lipinski definition) is 2. The lowest BCUT2D eigenvalue weighted by atomic mass is 9.48. The molecule has 5 heteroatoms. The predicted octanol–water partition coefficient (Wildman–Crippen LogP) is 4.53. The van der Waals surface area contributed by atoms with Crippen LogP contribution in [0.15, 0.2) is 29.2 Å². The Bertz CT molecular complexity index is 691. The zero-order valence-electron chi connectivity index (χ0n) is 15.8. The third-order valence-electron chi connectivity index (χ3n) is 6.70. The summed E-state index contributed by atoms with van der Waals surface area (Å²) >= 11 is 1.19. The molecule has 4 saturated carbocycles. The van der Waals surface area contributed by atoms with Gasteiger partial charge in [-0.25, -0.2) is 9.11 Å². The van der Waals surface area contributed by atoms with Crippen molar-refractivity contribution >= 4 is 17.9 Å². The van der Waals surface area contributed by atoms with Gasteiger partial charge in [0.25, 0.3) is 0 Å². The number of hydrogen-bond acceptors (Lipinski definition) is 3. The van der Waals surface area contributed by atoms with Crippen LogP contribution in [0.1, 0.15) is 52.9 Å². The largest absolute Gasteiger partial charge is 0.351 e. The summed E-state index contributed by atoms with van der Waals surface area (Å²) in [6.45, 7) is 6.17. The Balaban J connectivity index is 1.39. The number of amides is 1. The summed E-state index contributed by atoms with van der Waals surface area (Å²) < 4.78 is 17.0. The first-order valence-corrected chi connectivity index (χ1v) is 10.6. The zero-order valence-corrected chi connectivity index (χ0v) is 16.7. The Hall–Kier alpha value is -1.07. The minimum Gasteiger partial charge on any atom is -0.351 e. The third-order valence-corrected chi connectivity index (χ3v) is 7.86. The molecule has 0 aromatic heterocycles. The van der Waals surface area contributed by atoms with Crippen molar-refractivity contribution in [2.24, 2.45) is 23.2 Å². The molecule has 3 nitrogen and oxygen atoms in total. The van der Waals surface area contributed by atoms with Gasteiger partial charge in [-0.05, 0) is 93.2 Å². The van der Waals surface area contributed by atoms with E-state index in [4.69, 9.17) is 0 Å². The third kappa shape index (κ3) is 3.40. The lowest BCUT2D eigenvalue weighted by Crippen LogP contribution is -2.62. The van der Waals surface area contributed by atoms with Crippen LogP contribution in [0.4, 0.5) is 4.39 Å². The normalized spacial score (nSPS) is 35.5. The SMILES string of the molecule is CC12CC3CC(C1)C(NC(=O)C(C)(C)NSc1ccccc1F)C(C3)C2. The van der Waals surface area contributed by atoms with E-state index < -0.39 is 5.54 Å². The molecule has 0 aliphatic heterocycles. The van der Waals surface area contributed by atoms with Crippen LogP contribution in [0, 0.1) is 29.0 Å². The van der Waals surface area contributed by atoms with E-state index in [1.165, 1.54) is 50.1 Å². The van der Waals surface area contributed by atoms with E-state index in [0.717, 1.165) is 5.92 Å². The monoisotopic (exact) mass is 376 g/mol. The molecule has 5 rings (SSSR count). The van der Waals surface area contributed by atoms with Gasteiger partial charge < -0.3 is 5.32 Å². The molecule has 0 radical (unpaired) electrons. The zero-order chi connectivity index (χ0) is 18.5. The van der Waals surface area contributed by atoms with Crippen molar-refractivity contribution in [1.82, 2.24) is 10.0 Å². The summed E-state index contributed by atoms with van der Waals surface area (Å²) in [5, 5.41) is 3.36. The molecule has 2 N–H and O–H groups in total. The molecule has 1 aromatic rings. The van der Waals surface area contributed by atoms with Gasteiger partial charge >= 0.3 is 0 Å². The van der Waals surface area contributed by atoms with E-state index in [0.29, 0.717) is 28.2 Å². The number of nitrogens with one attached hydrogen (secondary N) is 2. The topological polar surface area (TPSA) is 41.1 Å². The molecule has 4 bridgehead atoms. The molecule has 0 spiro atoms. The van der Waals surface area contributed by atoms with Gasteiger partial charge in [0.1, 0.15) is 11.4 Å². The van der Waals surface area contributed by atoms with Gasteiger partial charge in [0, 0.05) is 6.04 Å². The standard InChI is InChI=1S/C21H29FN2OS/c1-20(2,24-26-17-7-5-4-6-16(17)22)19(25)23-18-14-8-13-9-15(18)12-21(3,10-13)11-14/h4-7,13-15,18,24H,8-12H2,1-3H3,(H,23,25). The van der Waals surface area contributed by atoms with Crippen LogP contribution in [0.25, 0.3) is 0 Å². The lowest BCUT2D eigenvalue weighted by molar-refractivity contribution is -0.131. The van der Waals surface area contributed by atoms with Crippen LogP contribution < -0.4 is 10.0 Å². The summed E-state index contributed by atoms with van der Waals surface area (Å²) in [6, 6.07) is 6.94. The van der Waals surface area contributed by atoms with Gasteiger partial charge in [-0.2, -0.15) is 0 Å². The van der Waals surface area contributed by atoms with Crippen LogP contribution in [-0.4, -0.2) is 17.5 Å². The molecule has 1 aromatic carbocycles. The molecule has 0 saturated heterocycles. The second kappa shape index (κ2) is 6.52. The van der Waals surface area contributed by atoms with E-state index >= 15 is 0 Å². The Morgan fingerprint density at radius 2 is 1.85 bits per heavy atom. The smallest absolute Gasteiger partial charge is 0.240 e. The Kier molecular flexibility index (Phi) is 4.59. The van der Waals surface area contributed by atoms with Crippen LogP contribution in [0.2, 0.25) is 0 Å². The number of carbonyl (C=O) groups excluding carboxylic acids is 1. The van der Waals surface area contributed by atoms with E-state index in [1.807, 2.05) is 13.8 Å². The molecule has 26 heavy (non-hydrogen) atoms. The molecule has 4 aliphatic rings. The molecule has 1 amide bonds. The fraction of sp³-hybridized carbons (Fsp3) is 0.667. The van der Waals surface area contributed by atoms with Crippen molar-refractivity contribution < 1.29 is 9.18 Å². The second-order valence-corrected chi connectivity index (χ2v) is 10.4. The van der Waals surface area contributed by atoms with E-state index in [2.05, 4.69) is 17.0 Å². The van der Waals surface area contributed by atoms with E-state index in [-0.39, 0.29) is 11.7 Å². The first-order chi connectivity index (χ1) is 12.3. The highest BCUT2D eigenvalue weighted by Gasteiger charge is 2.54. The van der Waals surface area contributed by atoms with E-state index in [1.54, 1.807) is 18.2 Å². The highest BCUT2D eigenvalue weighted by Crippen LogP contribution is 2.59. The first-order valence-electron chi connectivity index (χ1n) is 9.75. The van der Waals surface area contributed by atoms with Gasteiger partial charge in [-0.3, -0.25) is 4.79 Å². The Morgan fingerprint density at radius 1 is 1.19 bits per heavy atom. The van der Waals surface area contributed by atoms with Crippen molar-refractivity contribution in [3.05, 3.63) is 30.1 Å². The number of halogens is 1. The Labute approximate surface area is 160 Å². The molecule has 2 atom stereocenters. The number of rotatable bonds is 5. The van der Waals surface area contributed by atoms with Crippen molar-refractivity contribution in [2.75, 3.05) is 0 Å². The van der Waals surface area contributed by atoms with Crippen molar-refractivity contribution in [1.29, 1.82) is 0 Å². The summed E-state index contributed by atoms with van der Waals surface area (Å²) in [4.78, 5) is 13.5. The van der Waals surface area contributed by atoms with Gasteiger partial charge in [-0.15, -0.1) is 0 Å². The van der Waals surface area contributed by atoms with Crippen molar-refractivity contribution in [3.8, 4) is 0 Å². The van der Waals surface area contributed by atoms with Crippen LogP contribution in [0.3, 0.4) is 0 Å². The summed E-state index contributed by atoms with van der Waals surface area (Å²) in [7, 11) is 0. The fourth-order valence-corrected chi connectivity index (χ4v) is 6.52. The predicted molar refractivity (Wildman–Crippen MR) is 103 cm³/mol. The highest BCUT2D eigenvalue weighted by molar-refractivity contribution is 7.97.